The number of benzene rings is 7. The molecule has 0 radical (unpaired) electrons. The Morgan fingerprint density at radius 1 is 0.205 bits per heavy atom. The van der Waals surface area contributed by atoms with Crippen LogP contribution in [0.15, 0.2) is 158 Å². The third-order valence-corrected chi connectivity index (χ3v) is 11.1. The molecule has 0 heterocycles. The Hall–Kier alpha value is -5.46. The van der Waals surface area contributed by atoms with Gasteiger partial charge in [0, 0.05) is 0 Å². The van der Waals surface area contributed by atoms with Crippen LogP contribution < -0.4 is 0 Å². The standard InChI is InChI=1S/C44H26/c1-7-19-33-27(13-1)28-14-2-8-20-34(28)43(33)37-23-11-5-17-31(37)41-39(43)25-26-40-42(41)32-18-6-12-24-38(32)44(40)35-21-9-3-15-29(35)30-16-4-10-22-36(30)44/h1-26H. The molecular formula is C44H26. The molecular weight excluding hydrogens is 528 g/mol. The Labute approximate surface area is 256 Å². The molecule has 11 rings (SSSR count). The van der Waals surface area contributed by atoms with E-state index >= 15 is 0 Å². The predicted octanol–water partition coefficient (Wildman–Crippen LogP) is 10.4. The van der Waals surface area contributed by atoms with E-state index in [9.17, 15) is 0 Å². The Kier molecular flexibility index (Phi) is 4.05. The molecule has 0 aliphatic heterocycles. The first-order valence-corrected chi connectivity index (χ1v) is 15.6. The van der Waals surface area contributed by atoms with Gasteiger partial charge in [0.05, 0.1) is 10.8 Å². The van der Waals surface area contributed by atoms with Crippen LogP contribution in [0.2, 0.25) is 0 Å². The second-order valence-electron chi connectivity index (χ2n) is 12.7. The van der Waals surface area contributed by atoms with Gasteiger partial charge in [0.15, 0.2) is 0 Å². The van der Waals surface area contributed by atoms with Gasteiger partial charge < -0.3 is 0 Å². The summed E-state index contributed by atoms with van der Waals surface area (Å²) in [5, 5.41) is 0. The van der Waals surface area contributed by atoms with Gasteiger partial charge in [0.1, 0.15) is 0 Å². The molecule has 0 aromatic heterocycles. The van der Waals surface area contributed by atoms with Gasteiger partial charge in [0.25, 0.3) is 0 Å². The van der Waals surface area contributed by atoms with Crippen molar-refractivity contribution in [2.75, 3.05) is 0 Å². The van der Waals surface area contributed by atoms with Gasteiger partial charge in [-0.1, -0.05) is 158 Å². The van der Waals surface area contributed by atoms with Gasteiger partial charge in [0.2, 0.25) is 0 Å². The molecule has 2 spiro atoms. The van der Waals surface area contributed by atoms with Crippen molar-refractivity contribution in [1.29, 1.82) is 0 Å². The van der Waals surface area contributed by atoms with E-state index < -0.39 is 0 Å². The highest BCUT2D eigenvalue weighted by Gasteiger charge is 2.56. The average Bonchev–Trinajstić information content (AvgIpc) is 3.77. The minimum atomic E-state index is -0.343. The lowest BCUT2D eigenvalue weighted by atomic mass is 9.68. The molecule has 7 aromatic rings. The molecule has 0 saturated heterocycles. The lowest BCUT2D eigenvalue weighted by molar-refractivity contribution is 0.782. The van der Waals surface area contributed by atoms with Crippen molar-refractivity contribution < 1.29 is 0 Å². The van der Waals surface area contributed by atoms with Crippen LogP contribution in [0.4, 0.5) is 0 Å². The highest BCUT2D eigenvalue weighted by atomic mass is 14.6. The highest BCUT2D eigenvalue weighted by molar-refractivity contribution is 6.05. The summed E-state index contributed by atoms with van der Waals surface area (Å²) < 4.78 is 0. The van der Waals surface area contributed by atoms with Gasteiger partial charge in [-0.15, -0.1) is 0 Å². The Morgan fingerprint density at radius 2 is 0.432 bits per heavy atom. The first-order chi connectivity index (χ1) is 21.9. The second kappa shape index (κ2) is 7.73. The highest BCUT2D eigenvalue weighted by Crippen LogP contribution is 2.69. The fourth-order valence-electron chi connectivity index (χ4n) is 9.76. The van der Waals surface area contributed by atoms with Gasteiger partial charge in [-0.05, 0) is 89.0 Å². The minimum Gasteiger partial charge on any atom is -0.0619 e. The van der Waals surface area contributed by atoms with Crippen LogP contribution in [-0.2, 0) is 10.8 Å². The molecule has 44 heavy (non-hydrogen) atoms. The molecule has 0 atom stereocenters. The van der Waals surface area contributed by atoms with Crippen molar-refractivity contribution in [3.8, 4) is 44.5 Å². The fraction of sp³-hybridized carbons (Fsp3) is 0.0455. The molecule has 0 unspecified atom stereocenters. The van der Waals surface area contributed by atoms with E-state index in [1.54, 1.807) is 0 Å². The van der Waals surface area contributed by atoms with Gasteiger partial charge in [-0.25, -0.2) is 0 Å². The summed E-state index contributed by atoms with van der Waals surface area (Å²) in [5.41, 5.74) is 21.4. The van der Waals surface area contributed by atoms with Gasteiger partial charge in [-0.3, -0.25) is 0 Å². The van der Waals surface area contributed by atoms with Gasteiger partial charge >= 0.3 is 0 Å². The summed E-state index contributed by atoms with van der Waals surface area (Å²) in [6.07, 6.45) is 0. The Morgan fingerprint density at radius 3 is 0.727 bits per heavy atom. The van der Waals surface area contributed by atoms with Crippen molar-refractivity contribution in [2.24, 2.45) is 0 Å². The van der Waals surface area contributed by atoms with Crippen LogP contribution >= 0.6 is 0 Å². The molecule has 202 valence electrons. The third kappa shape index (κ3) is 2.30. The lowest BCUT2D eigenvalue weighted by Gasteiger charge is -2.32. The topological polar surface area (TPSA) is 0 Å². The zero-order chi connectivity index (χ0) is 28.6. The molecule has 0 nitrogen and oxygen atoms in total. The molecule has 0 fully saturated rings. The number of hydrogen-bond acceptors (Lipinski definition) is 0. The van der Waals surface area contributed by atoms with E-state index in [0.29, 0.717) is 0 Å². The van der Waals surface area contributed by atoms with Crippen LogP contribution in [0.25, 0.3) is 44.5 Å². The molecule has 4 aliphatic carbocycles. The average molecular weight is 555 g/mol. The Bertz CT molecular complexity index is 2140. The maximum absolute atomic E-state index is 2.49. The molecule has 0 heteroatoms. The van der Waals surface area contributed by atoms with Crippen molar-refractivity contribution >= 4 is 0 Å². The van der Waals surface area contributed by atoms with Crippen LogP contribution in [-0.4, -0.2) is 0 Å². The normalized spacial score (nSPS) is 15.6. The maximum atomic E-state index is 2.49. The summed E-state index contributed by atoms with van der Waals surface area (Å²) in [4.78, 5) is 0. The SMILES string of the molecule is c1ccc2c(c1)-c1ccccc1C21c2ccccc2-c2c1ccc1c2-c2ccccc2C12c1ccccc1-c1ccccc12. The molecule has 7 aromatic carbocycles. The summed E-state index contributed by atoms with van der Waals surface area (Å²) in [5.74, 6) is 0. The van der Waals surface area contributed by atoms with Crippen molar-refractivity contribution in [2.45, 2.75) is 10.8 Å². The van der Waals surface area contributed by atoms with E-state index in [4.69, 9.17) is 0 Å². The van der Waals surface area contributed by atoms with Crippen molar-refractivity contribution in [3.63, 3.8) is 0 Å². The predicted molar refractivity (Wildman–Crippen MR) is 179 cm³/mol. The Balaban J connectivity index is 1.34. The third-order valence-electron chi connectivity index (χ3n) is 11.1. The van der Waals surface area contributed by atoms with Crippen molar-refractivity contribution in [3.05, 3.63) is 202 Å². The molecule has 0 saturated carbocycles. The van der Waals surface area contributed by atoms with Gasteiger partial charge in [-0.2, -0.15) is 0 Å². The summed E-state index contributed by atoms with van der Waals surface area (Å²) in [6, 6.07) is 59.8. The van der Waals surface area contributed by atoms with Crippen LogP contribution in [0.5, 0.6) is 0 Å². The molecule has 4 aliphatic rings. The maximum Gasteiger partial charge on any atom is 0.0725 e. The zero-order valence-electron chi connectivity index (χ0n) is 24.0. The zero-order valence-corrected chi connectivity index (χ0v) is 24.0. The van der Waals surface area contributed by atoms with Crippen molar-refractivity contribution in [1.82, 2.24) is 0 Å². The largest absolute Gasteiger partial charge is 0.0725 e. The summed E-state index contributed by atoms with van der Waals surface area (Å²) in [7, 11) is 0. The van der Waals surface area contributed by atoms with E-state index in [2.05, 4.69) is 158 Å². The van der Waals surface area contributed by atoms with E-state index in [1.165, 1.54) is 89.0 Å². The first kappa shape index (κ1) is 23.1. The van der Waals surface area contributed by atoms with Crippen LogP contribution in [0, 0.1) is 0 Å². The monoisotopic (exact) mass is 554 g/mol. The lowest BCUT2D eigenvalue weighted by Crippen LogP contribution is -2.27. The van der Waals surface area contributed by atoms with Crippen LogP contribution in [0.1, 0.15) is 44.5 Å². The number of fused-ring (bicyclic) bond motifs is 21. The number of hydrogen-bond donors (Lipinski definition) is 0. The van der Waals surface area contributed by atoms with E-state index in [0.717, 1.165) is 0 Å². The summed E-state index contributed by atoms with van der Waals surface area (Å²) >= 11 is 0. The fourth-order valence-corrected chi connectivity index (χ4v) is 9.76. The van der Waals surface area contributed by atoms with Crippen LogP contribution in [0.3, 0.4) is 0 Å². The molecule has 0 N–H and O–H groups in total. The molecule has 0 amide bonds. The first-order valence-electron chi connectivity index (χ1n) is 15.6. The molecule has 0 bridgehead atoms. The van der Waals surface area contributed by atoms with E-state index in [1.807, 2.05) is 0 Å². The summed E-state index contributed by atoms with van der Waals surface area (Å²) in [6.45, 7) is 0. The quantitative estimate of drug-likeness (QED) is 0.175. The smallest absolute Gasteiger partial charge is 0.0619 e. The van der Waals surface area contributed by atoms with E-state index in [-0.39, 0.29) is 10.8 Å². The number of rotatable bonds is 0. The second-order valence-corrected chi connectivity index (χ2v) is 12.7. The minimum absolute atomic E-state index is 0.343.